The molecule has 1 aliphatic carbocycles. The molecule has 1 aromatic carbocycles. The fourth-order valence-corrected chi connectivity index (χ4v) is 3.25. The Kier molecular flexibility index (Phi) is 4.25. The van der Waals surface area contributed by atoms with E-state index in [1.54, 1.807) is 12.4 Å². The molecule has 0 aliphatic heterocycles. The van der Waals surface area contributed by atoms with Crippen LogP contribution in [0.1, 0.15) is 37.3 Å². The minimum absolute atomic E-state index is 0.00102. The standard InChI is InChI=1S/C16H18ClN3O/c17-14-7-3-6-13(10-14)15(12-4-1-2-5-12)19-16(21)20-9-8-18-11-20/h3,6-12,15H,1-2,4-5H2,(H,19,21)/t15-/m0/s1. The molecule has 1 fully saturated rings. The van der Waals surface area contributed by atoms with Crippen LogP contribution in [0.2, 0.25) is 5.02 Å². The minimum atomic E-state index is -0.149. The molecule has 1 heterocycles. The normalized spacial score (nSPS) is 16.8. The smallest absolute Gasteiger partial charge is 0.327 e. The highest BCUT2D eigenvalue weighted by molar-refractivity contribution is 6.30. The summed E-state index contributed by atoms with van der Waals surface area (Å²) in [7, 11) is 0. The topological polar surface area (TPSA) is 46.9 Å². The van der Waals surface area contributed by atoms with Crippen molar-refractivity contribution < 1.29 is 4.79 Å². The third-order valence-corrected chi connectivity index (χ3v) is 4.33. The molecule has 0 bridgehead atoms. The van der Waals surface area contributed by atoms with Crippen molar-refractivity contribution in [3.05, 3.63) is 53.6 Å². The third-order valence-electron chi connectivity index (χ3n) is 4.10. The summed E-state index contributed by atoms with van der Waals surface area (Å²) in [4.78, 5) is 16.2. The number of hydrogen-bond donors (Lipinski definition) is 1. The highest BCUT2D eigenvalue weighted by atomic mass is 35.5. The van der Waals surface area contributed by atoms with Crippen molar-refractivity contribution in [1.29, 1.82) is 0 Å². The number of nitrogens with one attached hydrogen (secondary N) is 1. The lowest BCUT2D eigenvalue weighted by molar-refractivity contribution is 0.232. The quantitative estimate of drug-likeness (QED) is 0.930. The fourth-order valence-electron chi connectivity index (χ4n) is 3.05. The number of benzene rings is 1. The Morgan fingerprint density at radius 2 is 2.19 bits per heavy atom. The van der Waals surface area contributed by atoms with Gasteiger partial charge in [0, 0.05) is 17.4 Å². The van der Waals surface area contributed by atoms with Gasteiger partial charge in [-0.2, -0.15) is 0 Å². The highest BCUT2D eigenvalue weighted by Gasteiger charge is 2.28. The van der Waals surface area contributed by atoms with Crippen molar-refractivity contribution in [3.8, 4) is 0 Å². The van der Waals surface area contributed by atoms with E-state index in [-0.39, 0.29) is 12.1 Å². The number of carbonyl (C=O) groups is 1. The molecule has 1 aliphatic rings. The van der Waals surface area contributed by atoms with Crippen LogP contribution in [-0.4, -0.2) is 15.6 Å². The Balaban J connectivity index is 1.84. The molecule has 3 rings (SSSR count). The van der Waals surface area contributed by atoms with E-state index in [1.165, 1.54) is 23.7 Å². The summed E-state index contributed by atoms with van der Waals surface area (Å²) in [5.41, 5.74) is 1.07. The first kappa shape index (κ1) is 14.1. The van der Waals surface area contributed by atoms with E-state index >= 15 is 0 Å². The van der Waals surface area contributed by atoms with Crippen molar-refractivity contribution in [3.63, 3.8) is 0 Å². The van der Waals surface area contributed by atoms with Gasteiger partial charge in [0.2, 0.25) is 0 Å². The van der Waals surface area contributed by atoms with Crippen molar-refractivity contribution in [2.24, 2.45) is 5.92 Å². The second-order valence-electron chi connectivity index (χ2n) is 5.50. The molecule has 0 saturated heterocycles. The molecule has 1 N–H and O–H groups in total. The number of amides is 1. The van der Waals surface area contributed by atoms with Gasteiger partial charge in [-0.3, -0.25) is 4.57 Å². The van der Waals surface area contributed by atoms with Gasteiger partial charge in [-0.1, -0.05) is 36.6 Å². The molecule has 1 saturated carbocycles. The van der Waals surface area contributed by atoms with Crippen LogP contribution in [0.4, 0.5) is 4.79 Å². The van der Waals surface area contributed by atoms with E-state index in [2.05, 4.69) is 10.3 Å². The van der Waals surface area contributed by atoms with Crippen molar-refractivity contribution in [2.45, 2.75) is 31.7 Å². The maximum absolute atomic E-state index is 12.3. The fraction of sp³-hybridized carbons (Fsp3) is 0.375. The summed E-state index contributed by atoms with van der Waals surface area (Å²) >= 11 is 6.10. The Morgan fingerprint density at radius 3 is 2.86 bits per heavy atom. The molecule has 0 unspecified atom stereocenters. The summed E-state index contributed by atoms with van der Waals surface area (Å²) < 4.78 is 1.46. The van der Waals surface area contributed by atoms with Gasteiger partial charge in [0.25, 0.3) is 0 Å². The zero-order chi connectivity index (χ0) is 14.7. The Hall–Kier alpha value is -1.81. The first-order valence-electron chi connectivity index (χ1n) is 7.28. The summed E-state index contributed by atoms with van der Waals surface area (Å²) in [5, 5.41) is 3.83. The summed E-state index contributed by atoms with van der Waals surface area (Å²) in [6, 6.07) is 7.62. The molecule has 1 atom stereocenters. The zero-order valence-electron chi connectivity index (χ0n) is 11.7. The van der Waals surface area contributed by atoms with Gasteiger partial charge in [0.15, 0.2) is 0 Å². The number of hydrogen-bond acceptors (Lipinski definition) is 2. The summed E-state index contributed by atoms with van der Waals surface area (Å²) in [6.07, 6.45) is 9.50. The number of nitrogens with zero attached hydrogens (tertiary/aromatic N) is 2. The van der Waals surface area contributed by atoms with E-state index in [9.17, 15) is 4.79 Å². The van der Waals surface area contributed by atoms with Crippen molar-refractivity contribution in [1.82, 2.24) is 14.9 Å². The van der Waals surface area contributed by atoms with Gasteiger partial charge >= 0.3 is 6.03 Å². The number of halogens is 1. The van der Waals surface area contributed by atoms with Crippen LogP contribution >= 0.6 is 11.6 Å². The first-order chi connectivity index (χ1) is 10.2. The lowest BCUT2D eigenvalue weighted by Crippen LogP contribution is -2.35. The van der Waals surface area contributed by atoms with E-state index in [0.717, 1.165) is 18.4 Å². The predicted octanol–water partition coefficient (Wildman–Crippen LogP) is 4.03. The monoisotopic (exact) mass is 303 g/mol. The van der Waals surface area contributed by atoms with Gasteiger partial charge in [0.1, 0.15) is 6.33 Å². The lowest BCUT2D eigenvalue weighted by atomic mass is 9.92. The molecule has 1 amide bonds. The molecule has 1 aromatic heterocycles. The van der Waals surface area contributed by atoms with Crippen LogP contribution in [0.25, 0.3) is 0 Å². The number of aromatic nitrogens is 2. The van der Waals surface area contributed by atoms with Gasteiger partial charge in [0.05, 0.1) is 6.04 Å². The average molecular weight is 304 g/mol. The molecule has 21 heavy (non-hydrogen) atoms. The summed E-state index contributed by atoms with van der Waals surface area (Å²) in [6.45, 7) is 0. The van der Waals surface area contributed by atoms with Crippen molar-refractivity contribution >= 4 is 17.6 Å². The second-order valence-corrected chi connectivity index (χ2v) is 5.93. The predicted molar refractivity (Wildman–Crippen MR) is 82.3 cm³/mol. The van der Waals surface area contributed by atoms with Gasteiger partial charge in [-0.25, -0.2) is 9.78 Å². The first-order valence-corrected chi connectivity index (χ1v) is 7.66. The molecule has 5 heteroatoms. The van der Waals surface area contributed by atoms with Crippen LogP contribution in [0.15, 0.2) is 43.0 Å². The van der Waals surface area contributed by atoms with Crippen LogP contribution in [-0.2, 0) is 0 Å². The van der Waals surface area contributed by atoms with Gasteiger partial charge in [-0.05, 0) is 36.5 Å². The Bertz CT molecular complexity index is 606. The molecule has 2 aromatic rings. The average Bonchev–Trinajstić information content (AvgIpc) is 3.17. The molecule has 110 valence electrons. The molecular formula is C16H18ClN3O. The van der Waals surface area contributed by atoms with Crippen molar-refractivity contribution in [2.75, 3.05) is 0 Å². The molecule has 0 spiro atoms. The van der Waals surface area contributed by atoms with E-state index in [4.69, 9.17) is 11.6 Å². The Labute approximate surface area is 129 Å². The van der Waals surface area contributed by atoms with Crippen LogP contribution < -0.4 is 5.32 Å². The lowest BCUT2D eigenvalue weighted by Gasteiger charge is -2.25. The van der Waals surface area contributed by atoms with Gasteiger partial charge in [-0.15, -0.1) is 0 Å². The van der Waals surface area contributed by atoms with Crippen LogP contribution in [0, 0.1) is 5.92 Å². The second kappa shape index (κ2) is 6.31. The third kappa shape index (κ3) is 3.27. The number of carbonyl (C=O) groups excluding carboxylic acids is 1. The molecule has 4 nitrogen and oxygen atoms in total. The Morgan fingerprint density at radius 1 is 1.38 bits per heavy atom. The largest absolute Gasteiger partial charge is 0.330 e. The van der Waals surface area contributed by atoms with E-state index < -0.39 is 0 Å². The zero-order valence-corrected chi connectivity index (χ0v) is 12.5. The maximum atomic E-state index is 12.3. The number of imidazole rings is 1. The highest BCUT2D eigenvalue weighted by Crippen LogP contribution is 2.36. The van der Waals surface area contributed by atoms with E-state index in [0.29, 0.717) is 10.9 Å². The van der Waals surface area contributed by atoms with Gasteiger partial charge < -0.3 is 5.32 Å². The van der Waals surface area contributed by atoms with Crippen LogP contribution in [0.3, 0.4) is 0 Å². The molecule has 0 radical (unpaired) electrons. The van der Waals surface area contributed by atoms with Crippen LogP contribution in [0.5, 0.6) is 0 Å². The molecular weight excluding hydrogens is 286 g/mol. The SMILES string of the molecule is O=C(N[C@H](c1cccc(Cl)c1)C1CCCC1)n1ccnc1. The minimum Gasteiger partial charge on any atom is -0.330 e. The summed E-state index contributed by atoms with van der Waals surface area (Å²) in [5.74, 6) is 0.468. The maximum Gasteiger partial charge on any atom is 0.327 e. The van der Waals surface area contributed by atoms with E-state index in [1.807, 2.05) is 24.3 Å². The number of rotatable bonds is 3.